The summed E-state index contributed by atoms with van der Waals surface area (Å²) in [6.07, 6.45) is -0.206. The first-order valence-corrected chi connectivity index (χ1v) is 5.67. The maximum atomic E-state index is 11.4. The average molecular weight is 239 g/mol. The van der Waals surface area contributed by atoms with Gasteiger partial charge in [-0.05, 0) is 13.8 Å². The number of H-pyrrole nitrogens is 1. The lowest BCUT2D eigenvalue weighted by molar-refractivity contribution is -0.0423. The van der Waals surface area contributed by atoms with Crippen molar-refractivity contribution in [3.8, 4) is 0 Å². The topological polar surface area (TPSA) is 78.5 Å². The molecule has 1 saturated heterocycles. The third kappa shape index (κ3) is 2.83. The Morgan fingerprint density at radius 1 is 1.65 bits per heavy atom. The third-order valence-corrected chi connectivity index (χ3v) is 2.70. The van der Waals surface area contributed by atoms with Gasteiger partial charge >= 0.3 is 0 Å². The van der Waals surface area contributed by atoms with E-state index in [9.17, 15) is 4.79 Å². The zero-order valence-corrected chi connectivity index (χ0v) is 10.0. The maximum absolute atomic E-state index is 11.4. The van der Waals surface area contributed by atoms with E-state index < -0.39 is 0 Å². The van der Waals surface area contributed by atoms with E-state index in [-0.39, 0.29) is 24.4 Å². The van der Waals surface area contributed by atoms with Gasteiger partial charge in [0.1, 0.15) is 11.6 Å². The Morgan fingerprint density at radius 3 is 3.06 bits per heavy atom. The molecular weight excluding hydrogens is 222 g/mol. The highest BCUT2D eigenvalue weighted by molar-refractivity contribution is 5.38. The molecule has 0 bridgehead atoms. The SMILES string of the molecule is Cc1nc(N2CC(C)OC(CO)C2)cc(=O)[nH]1. The molecule has 2 unspecified atom stereocenters. The molecule has 94 valence electrons. The smallest absolute Gasteiger partial charge is 0.252 e. The van der Waals surface area contributed by atoms with E-state index in [4.69, 9.17) is 9.84 Å². The van der Waals surface area contributed by atoms with Crippen LogP contribution in [0.25, 0.3) is 0 Å². The van der Waals surface area contributed by atoms with Crippen LogP contribution in [0.5, 0.6) is 0 Å². The summed E-state index contributed by atoms with van der Waals surface area (Å²) in [5.74, 6) is 1.23. The molecule has 2 heterocycles. The van der Waals surface area contributed by atoms with Gasteiger partial charge in [-0.3, -0.25) is 4.79 Å². The first-order valence-electron chi connectivity index (χ1n) is 5.67. The molecule has 2 rings (SSSR count). The van der Waals surface area contributed by atoms with E-state index in [1.165, 1.54) is 6.07 Å². The van der Waals surface area contributed by atoms with Crippen LogP contribution in [0.15, 0.2) is 10.9 Å². The zero-order valence-electron chi connectivity index (χ0n) is 10.0. The lowest BCUT2D eigenvalue weighted by Crippen LogP contribution is -2.48. The summed E-state index contributed by atoms with van der Waals surface area (Å²) in [6, 6.07) is 1.47. The van der Waals surface area contributed by atoms with Crippen molar-refractivity contribution < 1.29 is 9.84 Å². The van der Waals surface area contributed by atoms with Gasteiger partial charge in [0.15, 0.2) is 0 Å². The van der Waals surface area contributed by atoms with Crippen molar-refractivity contribution >= 4 is 5.82 Å². The normalized spacial score (nSPS) is 25.0. The summed E-state index contributed by atoms with van der Waals surface area (Å²) in [6.45, 7) is 4.89. The summed E-state index contributed by atoms with van der Waals surface area (Å²) in [7, 11) is 0. The van der Waals surface area contributed by atoms with Crippen LogP contribution < -0.4 is 10.5 Å². The number of anilines is 1. The molecule has 0 aromatic carbocycles. The molecule has 6 nitrogen and oxygen atoms in total. The average Bonchev–Trinajstić information content (AvgIpc) is 2.26. The number of rotatable bonds is 2. The number of aliphatic hydroxyl groups is 1. The number of nitrogens with zero attached hydrogens (tertiary/aromatic N) is 2. The molecule has 1 fully saturated rings. The molecular formula is C11H17N3O3. The monoisotopic (exact) mass is 239 g/mol. The van der Waals surface area contributed by atoms with Crippen LogP contribution in [0.4, 0.5) is 5.82 Å². The Balaban J connectivity index is 2.23. The van der Waals surface area contributed by atoms with Gasteiger partial charge < -0.3 is 19.7 Å². The fourth-order valence-corrected chi connectivity index (χ4v) is 2.06. The highest BCUT2D eigenvalue weighted by Crippen LogP contribution is 2.16. The fourth-order valence-electron chi connectivity index (χ4n) is 2.06. The predicted molar refractivity (Wildman–Crippen MR) is 63.2 cm³/mol. The minimum Gasteiger partial charge on any atom is -0.394 e. The maximum Gasteiger partial charge on any atom is 0.252 e. The third-order valence-electron chi connectivity index (χ3n) is 2.70. The Bertz CT molecular complexity index is 446. The highest BCUT2D eigenvalue weighted by Gasteiger charge is 2.25. The molecule has 17 heavy (non-hydrogen) atoms. The Hall–Kier alpha value is -1.40. The van der Waals surface area contributed by atoms with Crippen molar-refractivity contribution in [3.05, 3.63) is 22.2 Å². The number of aryl methyl sites for hydroxylation is 1. The number of hydrogen-bond acceptors (Lipinski definition) is 5. The number of aromatic amines is 1. The second kappa shape index (κ2) is 4.85. The number of ether oxygens (including phenoxy) is 1. The first kappa shape index (κ1) is 12.1. The van der Waals surface area contributed by atoms with Crippen LogP contribution in [0.1, 0.15) is 12.7 Å². The quantitative estimate of drug-likeness (QED) is 0.738. The van der Waals surface area contributed by atoms with Gasteiger partial charge in [-0.1, -0.05) is 0 Å². The highest BCUT2D eigenvalue weighted by atomic mass is 16.5. The van der Waals surface area contributed by atoms with Crippen LogP contribution in [0, 0.1) is 6.92 Å². The summed E-state index contributed by atoms with van der Waals surface area (Å²) in [5.41, 5.74) is -0.160. The summed E-state index contributed by atoms with van der Waals surface area (Å²) in [5, 5.41) is 9.14. The van der Waals surface area contributed by atoms with E-state index in [1.807, 2.05) is 11.8 Å². The minimum atomic E-state index is -0.222. The summed E-state index contributed by atoms with van der Waals surface area (Å²) < 4.78 is 5.54. The zero-order chi connectivity index (χ0) is 12.4. The molecule has 0 aliphatic carbocycles. The van der Waals surface area contributed by atoms with Gasteiger partial charge in [0.2, 0.25) is 0 Å². The molecule has 2 atom stereocenters. The van der Waals surface area contributed by atoms with Gasteiger partial charge in [0, 0.05) is 19.2 Å². The van der Waals surface area contributed by atoms with E-state index in [2.05, 4.69) is 9.97 Å². The molecule has 1 aliphatic heterocycles. The van der Waals surface area contributed by atoms with Gasteiger partial charge in [0.05, 0.1) is 18.8 Å². The number of hydrogen-bond donors (Lipinski definition) is 2. The minimum absolute atomic E-state index is 0.0160. The molecule has 1 aliphatic rings. The van der Waals surface area contributed by atoms with Crippen molar-refractivity contribution in [2.45, 2.75) is 26.1 Å². The van der Waals surface area contributed by atoms with E-state index in [0.717, 1.165) is 0 Å². The van der Waals surface area contributed by atoms with Gasteiger partial charge in [-0.2, -0.15) is 0 Å². The van der Waals surface area contributed by atoms with Crippen LogP contribution in [0.2, 0.25) is 0 Å². The number of nitrogens with one attached hydrogen (secondary N) is 1. The summed E-state index contributed by atoms with van der Waals surface area (Å²) >= 11 is 0. The van der Waals surface area contributed by atoms with Crippen LogP contribution >= 0.6 is 0 Å². The Kier molecular flexibility index (Phi) is 3.44. The lowest BCUT2D eigenvalue weighted by Gasteiger charge is -2.36. The second-order valence-corrected chi connectivity index (χ2v) is 4.35. The fraction of sp³-hybridized carbons (Fsp3) is 0.636. The second-order valence-electron chi connectivity index (χ2n) is 4.35. The van der Waals surface area contributed by atoms with E-state index >= 15 is 0 Å². The molecule has 0 amide bonds. The molecule has 6 heteroatoms. The predicted octanol–water partition coefficient (Wildman–Crippen LogP) is -0.336. The number of morpholine rings is 1. The van der Waals surface area contributed by atoms with Gasteiger partial charge in [0.25, 0.3) is 5.56 Å². The van der Waals surface area contributed by atoms with E-state index in [1.54, 1.807) is 6.92 Å². The molecule has 0 spiro atoms. The summed E-state index contributed by atoms with van der Waals surface area (Å²) in [4.78, 5) is 20.3. The van der Waals surface area contributed by atoms with Crippen molar-refractivity contribution in [2.75, 3.05) is 24.6 Å². The lowest BCUT2D eigenvalue weighted by atomic mass is 10.2. The van der Waals surface area contributed by atoms with Crippen LogP contribution in [0.3, 0.4) is 0 Å². The standard InChI is InChI=1S/C11H17N3O3/c1-7-4-14(5-9(6-15)17-7)10-3-11(16)13-8(2)12-10/h3,7,9,15H,4-6H2,1-2H3,(H,12,13,16). The van der Waals surface area contributed by atoms with E-state index in [0.29, 0.717) is 24.7 Å². The number of aliphatic hydroxyl groups excluding tert-OH is 1. The Labute approximate surface area is 99.2 Å². The largest absolute Gasteiger partial charge is 0.394 e. The van der Waals surface area contributed by atoms with Gasteiger partial charge in [-0.25, -0.2) is 4.98 Å². The molecule has 2 N–H and O–H groups in total. The van der Waals surface area contributed by atoms with Crippen molar-refractivity contribution in [1.82, 2.24) is 9.97 Å². The molecule has 0 saturated carbocycles. The molecule has 1 aromatic rings. The van der Waals surface area contributed by atoms with Crippen molar-refractivity contribution in [2.24, 2.45) is 0 Å². The first-order chi connectivity index (χ1) is 8.08. The van der Waals surface area contributed by atoms with Gasteiger partial charge in [-0.15, -0.1) is 0 Å². The Morgan fingerprint density at radius 2 is 2.41 bits per heavy atom. The van der Waals surface area contributed by atoms with Crippen molar-refractivity contribution in [1.29, 1.82) is 0 Å². The number of aromatic nitrogens is 2. The molecule has 0 radical (unpaired) electrons. The van der Waals surface area contributed by atoms with Crippen molar-refractivity contribution in [3.63, 3.8) is 0 Å². The van der Waals surface area contributed by atoms with Crippen LogP contribution in [-0.4, -0.2) is 47.0 Å². The van der Waals surface area contributed by atoms with Crippen LogP contribution in [-0.2, 0) is 4.74 Å². The molecule has 1 aromatic heterocycles.